The molecule has 1 saturated carbocycles. The van der Waals surface area contributed by atoms with Crippen molar-refractivity contribution >= 4 is 63.5 Å². The number of halogens is 2. The second kappa shape index (κ2) is 9.73. The predicted molar refractivity (Wildman–Crippen MR) is 129 cm³/mol. The molecule has 0 N–H and O–H groups in total. The summed E-state index contributed by atoms with van der Waals surface area (Å²) in [7, 11) is 0. The fraction of sp³-hybridized carbons (Fsp3) is 0.304. The van der Waals surface area contributed by atoms with Gasteiger partial charge in [0, 0.05) is 21.7 Å². The van der Waals surface area contributed by atoms with Gasteiger partial charge in [0.2, 0.25) is 0 Å². The number of hydrogen-bond donors (Lipinski definition) is 0. The summed E-state index contributed by atoms with van der Waals surface area (Å²) < 4.78 is 6.50. The Bertz CT molecular complexity index is 985. The van der Waals surface area contributed by atoms with Crippen LogP contribution >= 0.6 is 47.2 Å². The van der Waals surface area contributed by atoms with Crippen molar-refractivity contribution in [2.24, 2.45) is 0 Å². The zero-order chi connectivity index (χ0) is 21.1. The first-order chi connectivity index (χ1) is 14.5. The average molecular weight is 478 g/mol. The van der Waals surface area contributed by atoms with Crippen LogP contribution in [0, 0.1) is 0 Å². The maximum absolute atomic E-state index is 12.9. The number of rotatable bonds is 5. The Morgan fingerprint density at radius 1 is 1.10 bits per heavy atom. The van der Waals surface area contributed by atoms with Crippen molar-refractivity contribution in [1.82, 2.24) is 4.90 Å². The van der Waals surface area contributed by atoms with E-state index in [2.05, 4.69) is 0 Å². The summed E-state index contributed by atoms with van der Waals surface area (Å²) in [6.07, 6.45) is 7.58. The molecule has 0 bridgehead atoms. The van der Waals surface area contributed by atoms with Gasteiger partial charge in [-0.15, -0.1) is 0 Å². The van der Waals surface area contributed by atoms with Crippen molar-refractivity contribution in [2.75, 3.05) is 0 Å². The molecule has 7 heteroatoms. The summed E-state index contributed by atoms with van der Waals surface area (Å²) in [5.41, 5.74) is 1.81. The molecular weight excluding hydrogens is 457 g/mol. The van der Waals surface area contributed by atoms with E-state index in [-0.39, 0.29) is 11.9 Å². The molecule has 2 aliphatic rings. The van der Waals surface area contributed by atoms with Gasteiger partial charge in [-0.1, -0.05) is 84.6 Å². The second-order valence-electron chi connectivity index (χ2n) is 7.44. The third kappa shape index (κ3) is 5.02. The normalized spacial score (nSPS) is 19.0. The zero-order valence-corrected chi connectivity index (χ0v) is 19.4. The van der Waals surface area contributed by atoms with Crippen molar-refractivity contribution in [2.45, 2.75) is 44.8 Å². The number of nitrogens with zero attached hydrogens (tertiary/aromatic N) is 1. The highest BCUT2D eigenvalue weighted by Crippen LogP contribution is 2.37. The molecule has 1 aliphatic heterocycles. The van der Waals surface area contributed by atoms with Crippen molar-refractivity contribution in [3.05, 3.63) is 68.5 Å². The van der Waals surface area contributed by atoms with Crippen LogP contribution in [0.4, 0.5) is 0 Å². The lowest BCUT2D eigenvalue weighted by atomic mass is 9.94. The number of benzene rings is 2. The molecule has 3 nitrogen and oxygen atoms in total. The second-order valence-corrected chi connectivity index (χ2v) is 9.96. The highest BCUT2D eigenvalue weighted by Gasteiger charge is 2.37. The minimum atomic E-state index is 0.0367. The van der Waals surface area contributed by atoms with E-state index < -0.39 is 0 Å². The van der Waals surface area contributed by atoms with Gasteiger partial charge in [-0.2, -0.15) is 0 Å². The molecule has 1 saturated heterocycles. The minimum absolute atomic E-state index is 0.0367. The topological polar surface area (TPSA) is 29.5 Å². The van der Waals surface area contributed by atoms with Crippen LogP contribution in [0.15, 0.2) is 47.4 Å². The Morgan fingerprint density at radius 2 is 1.83 bits per heavy atom. The maximum Gasteiger partial charge on any atom is 0.266 e. The molecule has 2 fully saturated rings. The Balaban J connectivity index is 1.40. The van der Waals surface area contributed by atoms with Crippen LogP contribution in [0.1, 0.15) is 43.2 Å². The molecule has 0 aromatic heterocycles. The number of hydrogen-bond acceptors (Lipinski definition) is 4. The van der Waals surface area contributed by atoms with Crippen LogP contribution in [-0.4, -0.2) is 21.2 Å². The SMILES string of the molecule is O=C1/C(=C/c2ccc(OCc3ccc(Cl)cc3Cl)cc2)SC(=S)N1C1CCCCC1. The van der Waals surface area contributed by atoms with Crippen LogP contribution < -0.4 is 4.74 Å². The fourth-order valence-electron chi connectivity index (χ4n) is 3.75. The first-order valence-corrected chi connectivity index (χ1v) is 11.9. The fourth-order valence-corrected chi connectivity index (χ4v) is 5.61. The predicted octanol–water partition coefficient (Wildman–Crippen LogP) is 7.11. The van der Waals surface area contributed by atoms with Crippen molar-refractivity contribution in [3.63, 3.8) is 0 Å². The number of carbonyl (C=O) groups is 1. The van der Waals surface area contributed by atoms with Crippen molar-refractivity contribution in [1.29, 1.82) is 0 Å². The number of ether oxygens (including phenoxy) is 1. The van der Waals surface area contributed by atoms with Gasteiger partial charge >= 0.3 is 0 Å². The van der Waals surface area contributed by atoms with E-state index in [0.29, 0.717) is 25.9 Å². The van der Waals surface area contributed by atoms with Gasteiger partial charge in [0.15, 0.2) is 0 Å². The standard InChI is InChI=1S/C23H21Cl2NO2S2/c24-17-9-8-16(20(25)13-17)14-28-19-10-6-15(7-11-19)12-21-22(27)26(23(29)30-21)18-4-2-1-3-5-18/h6-13,18H,1-5,14H2/b21-12-. The maximum atomic E-state index is 12.9. The summed E-state index contributed by atoms with van der Waals surface area (Å²) in [6.45, 7) is 0.357. The average Bonchev–Trinajstić information content (AvgIpc) is 3.02. The number of carbonyl (C=O) groups excluding carboxylic acids is 1. The van der Waals surface area contributed by atoms with Crippen LogP contribution in [0.5, 0.6) is 5.75 Å². The summed E-state index contributed by atoms with van der Waals surface area (Å²) in [6, 6.07) is 13.3. The molecule has 1 amide bonds. The number of thiocarbonyl (C=S) groups is 1. The molecule has 4 rings (SSSR count). The van der Waals surface area contributed by atoms with E-state index >= 15 is 0 Å². The summed E-state index contributed by atoms with van der Waals surface area (Å²) in [5, 5.41) is 1.18. The summed E-state index contributed by atoms with van der Waals surface area (Å²) in [4.78, 5) is 15.4. The molecule has 0 unspecified atom stereocenters. The zero-order valence-electron chi connectivity index (χ0n) is 16.3. The Hall–Kier alpha value is -1.53. The van der Waals surface area contributed by atoms with E-state index in [0.717, 1.165) is 29.7 Å². The lowest BCUT2D eigenvalue weighted by Crippen LogP contribution is -2.39. The van der Waals surface area contributed by atoms with E-state index in [1.807, 2.05) is 41.3 Å². The van der Waals surface area contributed by atoms with Crippen LogP contribution in [0.3, 0.4) is 0 Å². The van der Waals surface area contributed by atoms with Gasteiger partial charge in [0.05, 0.1) is 4.91 Å². The van der Waals surface area contributed by atoms with Gasteiger partial charge in [-0.25, -0.2) is 0 Å². The molecule has 1 aliphatic carbocycles. The highest BCUT2D eigenvalue weighted by atomic mass is 35.5. The third-order valence-corrected chi connectivity index (χ3v) is 7.27. The van der Waals surface area contributed by atoms with Gasteiger partial charge in [0.1, 0.15) is 16.7 Å². The monoisotopic (exact) mass is 477 g/mol. The number of thioether (sulfide) groups is 1. The van der Waals surface area contributed by atoms with Gasteiger partial charge in [-0.05, 0) is 48.7 Å². The van der Waals surface area contributed by atoms with Gasteiger partial charge in [0.25, 0.3) is 5.91 Å². The third-order valence-electron chi connectivity index (χ3n) is 5.35. The molecule has 156 valence electrons. The Kier molecular flexibility index (Phi) is 7.04. The molecule has 1 heterocycles. The Labute approximate surface area is 196 Å². The van der Waals surface area contributed by atoms with Crippen LogP contribution in [-0.2, 0) is 11.4 Å². The highest BCUT2D eigenvalue weighted by molar-refractivity contribution is 8.26. The lowest BCUT2D eigenvalue weighted by Gasteiger charge is -2.29. The molecular formula is C23H21Cl2NO2S2. The molecule has 30 heavy (non-hydrogen) atoms. The minimum Gasteiger partial charge on any atom is -0.489 e. The first kappa shape index (κ1) is 21.7. The van der Waals surface area contributed by atoms with Crippen molar-refractivity contribution in [3.8, 4) is 5.75 Å². The smallest absolute Gasteiger partial charge is 0.266 e. The molecule has 0 radical (unpaired) electrons. The van der Waals surface area contributed by atoms with Crippen molar-refractivity contribution < 1.29 is 9.53 Å². The quantitative estimate of drug-likeness (QED) is 0.339. The molecule has 0 atom stereocenters. The van der Waals surface area contributed by atoms with E-state index in [1.54, 1.807) is 12.1 Å². The summed E-state index contributed by atoms with van der Waals surface area (Å²) >= 11 is 19.0. The first-order valence-electron chi connectivity index (χ1n) is 9.95. The number of amides is 1. The summed E-state index contributed by atoms with van der Waals surface area (Å²) in [5.74, 6) is 0.766. The Morgan fingerprint density at radius 3 is 2.53 bits per heavy atom. The van der Waals surface area contributed by atoms with Crippen LogP contribution in [0.25, 0.3) is 6.08 Å². The van der Waals surface area contributed by atoms with E-state index in [9.17, 15) is 4.79 Å². The van der Waals surface area contributed by atoms with Gasteiger partial charge < -0.3 is 4.74 Å². The van der Waals surface area contributed by atoms with E-state index in [4.69, 9.17) is 40.2 Å². The molecule has 2 aromatic rings. The molecule has 2 aromatic carbocycles. The lowest BCUT2D eigenvalue weighted by molar-refractivity contribution is -0.124. The van der Waals surface area contributed by atoms with Crippen LogP contribution in [0.2, 0.25) is 10.0 Å². The van der Waals surface area contributed by atoms with Gasteiger partial charge in [-0.3, -0.25) is 9.69 Å². The van der Waals surface area contributed by atoms with E-state index in [1.165, 1.54) is 31.0 Å². The largest absolute Gasteiger partial charge is 0.489 e. The molecule has 0 spiro atoms.